The van der Waals surface area contributed by atoms with Crippen LogP contribution >= 0.6 is 11.6 Å². The second-order valence-corrected chi connectivity index (χ2v) is 5.82. The van der Waals surface area contributed by atoms with E-state index in [0.29, 0.717) is 22.1 Å². The maximum Gasteiger partial charge on any atom is 0.314 e. The Morgan fingerprint density at radius 3 is 2.12 bits per heavy atom. The number of rotatable bonds is 5. The molecule has 2 aromatic carbocycles. The average Bonchev–Trinajstić information content (AvgIpc) is 2.61. The first-order valence-electron chi connectivity index (χ1n) is 8.06. The van der Waals surface area contributed by atoms with Crippen LogP contribution in [-0.2, 0) is 22.4 Å². The van der Waals surface area contributed by atoms with Gasteiger partial charge in [-0.1, -0.05) is 43.6 Å². The number of para-hydroxylation sites is 1. The van der Waals surface area contributed by atoms with Crippen molar-refractivity contribution in [3.8, 4) is 5.75 Å². The fourth-order valence-electron chi connectivity index (χ4n) is 2.51. The lowest BCUT2D eigenvalue weighted by Gasteiger charge is -2.14. The normalized spacial score (nSPS) is 10.2. The average molecular weight is 361 g/mol. The number of carbonyl (C=O) groups excluding carboxylic acids is 2. The van der Waals surface area contributed by atoms with E-state index in [4.69, 9.17) is 16.3 Å². The SMILES string of the molecule is CCc1cccc(CC)c1NC(=O)C(=O)Nc1ccc(OC)c(Cl)c1. The summed E-state index contributed by atoms with van der Waals surface area (Å²) in [7, 11) is 1.50. The molecule has 0 unspecified atom stereocenters. The number of anilines is 2. The van der Waals surface area contributed by atoms with Gasteiger partial charge in [-0.2, -0.15) is 0 Å². The Kier molecular flexibility index (Phi) is 6.42. The molecule has 0 spiro atoms. The van der Waals surface area contributed by atoms with E-state index in [1.165, 1.54) is 13.2 Å². The molecule has 2 rings (SSSR count). The van der Waals surface area contributed by atoms with Crippen LogP contribution in [0.4, 0.5) is 11.4 Å². The molecule has 0 aliphatic heterocycles. The number of ether oxygens (including phenoxy) is 1. The van der Waals surface area contributed by atoms with E-state index < -0.39 is 11.8 Å². The molecule has 0 aromatic heterocycles. The van der Waals surface area contributed by atoms with Crippen LogP contribution in [0.15, 0.2) is 36.4 Å². The molecule has 0 bridgehead atoms. The van der Waals surface area contributed by atoms with Gasteiger partial charge in [-0.05, 0) is 42.2 Å². The maximum atomic E-state index is 12.3. The largest absolute Gasteiger partial charge is 0.495 e. The van der Waals surface area contributed by atoms with Crippen molar-refractivity contribution in [3.63, 3.8) is 0 Å². The van der Waals surface area contributed by atoms with Gasteiger partial charge in [-0.15, -0.1) is 0 Å². The van der Waals surface area contributed by atoms with Crippen LogP contribution in [0.5, 0.6) is 5.75 Å². The van der Waals surface area contributed by atoms with Gasteiger partial charge in [0, 0.05) is 11.4 Å². The van der Waals surface area contributed by atoms with Gasteiger partial charge >= 0.3 is 11.8 Å². The topological polar surface area (TPSA) is 67.4 Å². The summed E-state index contributed by atoms with van der Waals surface area (Å²) in [6.45, 7) is 4.01. The van der Waals surface area contributed by atoms with Gasteiger partial charge in [0.05, 0.1) is 12.1 Å². The zero-order chi connectivity index (χ0) is 18.4. The van der Waals surface area contributed by atoms with Gasteiger partial charge in [-0.25, -0.2) is 0 Å². The fraction of sp³-hybridized carbons (Fsp3) is 0.263. The highest BCUT2D eigenvalue weighted by Gasteiger charge is 2.17. The number of nitrogens with one attached hydrogen (secondary N) is 2. The smallest absolute Gasteiger partial charge is 0.314 e. The lowest BCUT2D eigenvalue weighted by Crippen LogP contribution is -2.29. The van der Waals surface area contributed by atoms with Gasteiger partial charge in [0.15, 0.2) is 0 Å². The maximum absolute atomic E-state index is 12.3. The Hall–Kier alpha value is -2.53. The Morgan fingerprint density at radius 1 is 1.00 bits per heavy atom. The molecule has 0 fully saturated rings. The predicted octanol–water partition coefficient (Wildman–Crippen LogP) is 4.05. The number of hydrogen-bond donors (Lipinski definition) is 2. The second kappa shape index (κ2) is 8.53. The highest BCUT2D eigenvalue weighted by molar-refractivity contribution is 6.44. The van der Waals surface area contributed by atoms with Crippen molar-refractivity contribution >= 4 is 34.8 Å². The first-order valence-corrected chi connectivity index (χ1v) is 8.44. The molecule has 0 saturated carbocycles. The van der Waals surface area contributed by atoms with E-state index in [0.717, 1.165) is 24.0 Å². The lowest BCUT2D eigenvalue weighted by atomic mass is 10.0. The molecule has 2 aromatic rings. The van der Waals surface area contributed by atoms with Crippen molar-refractivity contribution in [2.45, 2.75) is 26.7 Å². The molecule has 0 heterocycles. The molecule has 2 amide bonds. The van der Waals surface area contributed by atoms with Gasteiger partial charge < -0.3 is 15.4 Å². The van der Waals surface area contributed by atoms with Crippen LogP contribution in [0.25, 0.3) is 0 Å². The van der Waals surface area contributed by atoms with E-state index in [2.05, 4.69) is 10.6 Å². The summed E-state index contributed by atoms with van der Waals surface area (Å²) in [5.41, 5.74) is 3.12. The summed E-state index contributed by atoms with van der Waals surface area (Å²) in [6, 6.07) is 10.6. The zero-order valence-electron chi connectivity index (χ0n) is 14.5. The van der Waals surface area contributed by atoms with Crippen molar-refractivity contribution in [3.05, 3.63) is 52.5 Å². The molecular formula is C19H21ClN2O3. The van der Waals surface area contributed by atoms with E-state index in [9.17, 15) is 9.59 Å². The minimum Gasteiger partial charge on any atom is -0.495 e. The van der Waals surface area contributed by atoms with Crippen molar-refractivity contribution in [2.75, 3.05) is 17.7 Å². The van der Waals surface area contributed by atoms with Gasteiger partial charge in [0.25, 0.3) is 0 Å². The van der Waals surface area contributed by atoms with Crippen LogP contribution in [0, 0.1) is 0 Å². The number of aryl methyl sites for hydroxylation is 2. The number of amides is 2. The number of halogens is 1. The minimum atomic E-state index is -0.755. The summed E-state index contributed by atoms with van der Waals surface area (Å²) >= 11 is 6.02. The third-order valence-electron chi connectivity index (χ3n) is 3.85. The molecule has 132 valence electrons. The number of benzene rings is 2. The summed E-state index contributed by atoms with van der Waals surface area (Å²) in [4.78, 5) is 24.5. The van der Waals surface area contributed by atoms with Crippen LogP contribution in [-0.4, -0.2) is 18.9 Å². The Morgan fingerprint density at radius 2 is 1.60 bits per heavy atom. The predicted molar refractivity (Wildman–Crippen MR) is 100 cm³/mol. The fourth-order valence-corrected chi connectivity index (χ4v) is 2.76. The Labute approximate surface area is 152 Å². The molecule has 5 nitrogen and oxygen atoms in total. The second-order valence-electron chi connectivity index (χ2n) is 5.42. The van der Waals surface area contributed by atoms with Crippen LogP contribution in [0.2, 0.25) is 5.02 Å². The van der Waals surface area contributed by atoms with Crippen molar-refractivity contribution < 1.29 is 14.3 Å². The van der Waals surface area contributed by atoms with E-state index >= 15 is 0 Å². The zero-order valence-corrected chi connectivity index (χ0v) is 15.2. The third-order valence-corrected chi connectivity index (χ3v) is 4.15. The van der Waals surface area contributed by atoms with Crippen molar-refractivity contribution in [1.82, 2.24) is 0 Å². The molecule has 6 heteroatoms. The number of carbonyl (C=O) groups is 2. The highest BCUT2D eigenvalue weighted by atomic mass is 35.5. The monoisotopic (exact) mass is 360 g/mol. The molecule has 0 saturated heterocycles. The van der Waals surface area contributed by atoms with Crippen molar-refractivity contribution in [2.24, 2.45) is 0 Å². The van der Waals surface area contributed by atoms with Crippen LogP contribution in [0.3, 0.4) is 0 Å². The molecule has 0 atom stereocenters. The lowest BCUT2D eigenvalue weighted by molar-refractivity contribution is -0.133. The molecule has 2 N–H and O–H groups in total. The summed E-state index contributed by atoms with van der Waals surface area (Å²) in [5.74, 6) is -0.981. The summed E-state index contributed by atoms with van der Waals surface area (Å²) < 4.78 is 5.06. The quantitative estimate of drug-likeness (QED) is 0.790. The van der Waals surface area contributed by atoms with E-state index in [1.807, 2.05) is 32.0 Å². The highest BCUT2D eigenvalue weighted by Crippen LogP contribution is 2.27. The minimum absolute atomic E-state index is 0.352. The molecule has 0 aliphatic carbocycles. The summed E-state index contributed by atoms with van der Waals surface area (Å²) in [5, 5.41) is 5.62. The first-order chi connectivity index (χ1) is 12.0. The van der Waals surface area contributed by atoms with E-state index in [-0.39, 0.29) is 0 Å². The molecular weight excluding hydrogens is 340 g/mol. The first kappa shape index (κ1) is 18.8. The van der Waals surface area contributed by atoms with E-state index in [1.54, 1.807) is 12.1 Å². The van der Waals surface area contributed by atoms with Gasteiger partial charge in [-0.3, -0.25) is 9.59 Å². The standard InChI is InChI=1S/C19H21ClN2O3/c1-4-12-7-6-8-13(5-2)17(12)22-19(24)18(23)21-14-9-10-16(25-3)15(20)11-14/h6-11H,4-5H2,1-3H3,(H,21,23)(H,22,24). The molecule has 25 heavy (non-hydrogen) atoms. The summed E-state index contributed by atoms with van der Waals surface area (Å²) in [6.07, 6.45) is 1.53. The Balaban J connectivity index is 2.14. The van der Waals surface area contributed by atoms with Crippen LogP contribution in [0.1, 0.15) is 25.0 Å². The molecule has 0 radical (unpaired) electrons. The van der Waals surface area contributed by atoms with Crippen LogP contribution < -0.4 is 15.4 Å². The van der Waals surface area contributed by atoms with Gasteiger partial charge in [0.2, 0.25) is 0 Å². The number of hydrogen-bond acceptors (Lipinski definition) is 3. The third kappa shape index (κ3) is 4.51. The van der Waals surface area contributed by atoms with Gasteiger partial charge in [0.1, 0.15) is 5.75 Å². The number of methoxy groups -OCH3 is 1. The Bertz CT molecular complexity index is 768. The molecule has 0 aliphatic rings. The van der Waals surface area contributed by atoms with Crippen molar-refractivity contribution in [1.29, 1.82) is 0 Å².